The van der Waals surface area contributed by atoms with Gasteiger partial charge in [-0.3, -0.25) is 9.10 Å². The van der Waals surface area contributed by atoms with Crippen LogP contribution in [0.25, 0.3) is 0 Å². The Kier molecular flexibility index (Phi) is 6.76. The number of hydrogen-bond acceptors (Lipinski definition) is 5. The average molecular weight is 487 g/mol. The molecular formula is C24H23ClN2O5S. The van der Waals surface area contributed by atoms with Crippen LogP contribution in [0.15, 0.2) is 77.7 Å². The molecule has 0 saturated carbocycles. The van der Waals surface area contributed by atoms with Crippen molar-refractivity contribution in [2.45, 2.75) is 17.9 Å². The summed E-state index contributed by atoms with van der Waals surface area (Å²) in [7, 11) is -3.93. The zero-order valence-corrected chi connectivity index (χ0v) is 19.5. The molecule has 172 valence electrons. The standard InChI is InChI=1S/C24H23ClN2O5S/c1-17-6-2-4-8-21(17)31-15-14-26-24(28)23-16-27(20-7-3-5-9-22(20)32-23)33(29,30)19-12-10-18(25)11-13-19/h2-13,23H,14-16H2,1H3,(H,26,28)/t23-/m0/s1. The fraction of sp³-hybridized carbons (Fsp3) is 0.208. The van der Waals surface area contributed by atoms with Crippen molar-refractivity contribution in [1.29, 1.82) is 0 Å². The summed E-state index contributed by atoms with van der Waals surface area (Å²) in [4.78, 5) is 12.9. The molecule has 33 heavy (non-hydrogen) atoms. The molecule has 1 aliphatic heterocycles. The molecule has 0 saturated heterocycles. The van der Waals surface area contributed by atoms with Gasteiger partial charge in [0.25, 0.3) is 15.9 Å². The highest BCUT2D eigenvalue weighted by molar-refractivity contribution is 7.92. The Balaban J connectivity index is 1.47. The van der Waals surface area contributed by atoms with Crippen molar-refractivity contribution < 1.29 is 22.7 Å². The van der Waals surface area contributed by atoms with Crippen LogP contribution in [0.5, 0.6) is 11.5 Å². The van der Waals surface area contributed by atoms with Gasteiger partial charge < -0.3 is 14.8 Å². The van der Waals surface area contributed by atoms with Gasteiger partial charge in [-0.25, -0.2) is 8.42 Å². The number of benzene rings is 3. The first-order valence-electron chi connectivity index (χ1n) is 10.4. The summed E-state index contributed by atoms with van der Waals surface area (Å²) in [5.41, 5.74) is 1.37. The number of aryl methyl sites for hydroxylation is 1. The number of hydrogen-bond donors (Lipinski definition) is 1. The van der Waals surface area contributed by atoms with E-state index in [-0.39, 0.29) is 24.6 Å². The van der Waals surface area contributed by atoms with E-state index in [1.807, 2.05) is 31.2 Å². The minimum Gasteiger partial charge on any atom is -0.491 e. The smallest absolute Gasteiger partial charge is 0.264 e. The van der Waals surface area contributed by atoms with E-state index in [1.165, 1.54) is 28.6 Å². The minimum atomic E-state index is -3.93. The molecule has 0 aromatic heterocycles. The van der Waals surface area contributed by atoms with Crippen molar-refractivity contribution in [3.05, 3.63) is 83.4 Å². The molecule has 0 bridgehead atoms. The van der Waals surface area contributed by atoms with Crippen LogP contribution in [0.3, 0.4) is 0 Å². The van der Waals surface area contributed by atoms with Crippen molar-refractivity contribution in [3.8, 4) is 11.5 Å². The number of amides is 1. The second kappa shape index (κ2) is 9.72. The van der Waals surface area contributed by atoms with E-state index in [0.29, 0.717) is 16.5 Å². The molecular weight excluding hydrogens is 464 g/mol. The third-order valence-corrected chi connectivity index (χ3v) is 7.23. The van der Waals surface area contributed by atoms with Crippen molar-refractivity contribution in [2.75, 3.05) is 24.0 Å². The van der Waals surface area contributed by atoms with E-state index in [4.69, 9.17) is 21.1 Å². The molecule has 1 atom stereocenters. The molecule has 1 aliphatic rings. The summed E-state index contributed by atoms with van der Waals surface area (Å²) >= 11 is 5.91. The zero-order valence-electron chi connectivity index (χ0n) is 17.9. The van der Waals surface area contributed by atoms with Gasteiger partial charge in [-0.15, -0.1) is 0 Å². The Bertz CT molecular complexity index is 1250. The second-order valence-corrected chi connectivity index (χ2v) is 9.77. The lowest BCUT2D eigenvalue weighted by Crippen LogP contribution is -2.51. The van der Waals surface area contributed by atoms with E-state index in [9.17, 15) is 13.2 Å². The van der Waals surface area contributed by atoms with Crippen LogP contribution in [0.1, 0.15) is 5.56 Å². The number of para-hydroxylation sites is 3. The summed E-state index contributed by atoms with van der Waals surface area (Å²) in [6.07, 6.45) is -1.01. The summed E-state index contributed by atoms with van der Waals surface area (Å²) in [5.74, 6) is 0.640. The molecule has 7 nitrogen and oxygen atoms in total. The number of sulfonamides is 1. The Morgan fingerprint density at radius 2 is 1.79 bits per heavy atom. The molecule has 0 unspecified atom stereocenters. The molecule has 1 amide bonds. The van der Waals surface area contributed by atoms with Crippen molar-refractivity contribution in [1.82, 2.24) is 5.32 Å². The van der Waals surface area contributed by atoms with Crippen LogP contribution in [-0.2, 0) is 14.8 Å². The van der Waals surface area contributed by atoms with E-state index in [1.54, 1.807) is 24.3 Å². The SMILES string of the molecule is Cc1ccccc1OCCNC(=O)[C@@H]1CN(S(=O)(=O)c2ccc(Cl)cc2)c2ccccc2O1. The van der Waals surface area contributed by atoms with Crippen molar-refractivity contribution in [2.24, 2.45) is 0 Å². The Labute approximate surface area is 197 Å². The third-order valence-electron chi connectivity index (χ3n) is 5.18. The van der Waals surface area contributed by atoms with Gasteiger partial charge in [0, 0.05) is 5.02 Å². The molecule has 9 heteroatoms. The lowest BCUT2D eigenvalue weighted by Gasteiger charge is -2.34. The normalized spacial score (nSPS) is 15.3. The summed E-state index contributed by atoms with van der Waals surface area (Å²) < 4.78 is 39.4. The van der Waals surface area contributed by atoms with E-state index in [0.717, 1.165) is 11.3 Å². The molecule has 4 rings (SSSR count). The molecule has 0 radical (unpaired) electrons. The van der Waals surface area contributed by atoms with Crippen LogP contribution in [-0.4, -0.2) is 40.1 Å². The second-order valence-electron chi connectivity index (χ2n) is 7.47. The molecule has 3 aromatic rings. The Morgan fingerprint density at radius 1 is 1.09 bits per heavy atom. The maximum atomic E-state index is 13.4. The van der Waals surface area contributed by atoms with Crippen molar-refractivity contribution >= 4 is 33.2 Å². The van der Waals surface area contributed by atoms with Crippen LogP contribution in [0.4, 0.5) is 5.69 Å². The first-order valence-corrected chi connectivity index (χ1v) is 12.2. The number of fused-ring (bicyclic) bond motifs is 1. The van der Waals surface area contributed by atoms with Gasteiger partial charge in [-0.05, 0) is 55.0 Å². The highest BCUT2D eigenvalue weighted by atomic mass is 35.5. The fourth-order valence-electron chi connectivity index (χ4n) is 3.47. The zero-order chi connectivity index (χ0) is 23.4. The highest BCUT2D eigenvalue weighted by Gasteiger charge is 2.37. The van der Waals surface area contributed by atoms with Crippen LogP contribution < -0.4 is 19.1 Å². The van der Waals surface area contributed by atoms with Gasteiger partial charge >= 0.3 is 0 Å². The number of nitrogens with one attached hydrogen (secondary N) is 1. The van der Waals surface area contributed by atoms with Gasteiger partial charge in [0.1, 0.15) is 18.1 Å². The van der Waals surface area contributed by atoms with Crippen LogP contribution >= 0.6 is 11.6 Å². The first kappa shape index (κ1) is 22.9. The lowest BCUT2D eigenvalue weighted by molar-refractivity contribution is -0.127. The number of carbonyl (C=O) groups excluding carboxylic acids is 1. The van der Waals surface area contributed by atoms with Gasteiger partial charge in [0.2, 0.25) is 0 Å². The van der Waals surface area contributed by atoms with Crippen LogP contribution in [0, 0.1) is 6.92 Å². The number of halogens is 1. The van der Waals surface area contributed by atoms with E-state index in [2.05, 4.69) is 5.32 Å². The molecule has 0 aliphatic carbocycles. The van der Waals surface area contributed by atoms with Gasteiger partial charge in [-0.2, -0.15) is 0 Å². The number of anilines is 1. The Morgan fingerprint density at radius 3 is 2.55 bits per heavy atom. The third kappa shape index (κ3) is 5.07. The van der Waals surface area contributed by atoms with E-state index < -0.39 is 22.0 Å². The summed E-state index contributed by atoms with van der Waals surface area (Å²) in [5, 5.41) is 3.20. The number of carbonyl (C=O) groups is 1. The topological polar surface area (TPSA) is 84.9 Å². The fourth-order valence-corrected chi connectivity index (χ4v) is 5.07. The van der Waals surface area contributed by atoms with E-state index >= 15 is 0 Å². The van der Waals surface area contributed by atoms with Gasteiger partial charge in [-0.1, -0.05) is 41.9 Å². The Hall–Kier alpha value is -3.23. The predicted octanol–water partition coefficient (Wildman–Crippen LogP) is 3.80. The molecule has 3 aromatic carbocycles. The maximum absolute atomic E-state index is 13.4. The van der Waals surface area contributed by atoms with Gasteiger partial charge in [0.15, 0.2) is 6.10 Å². The predicted molar refractivity (Wildman–Crippen MR) is 127 cm³/mol. The van der Waals surface area contributed by atoms with Crippen molar-refractivity contribution in [3.63, 3.8) is 0 Å². The molecule has 1 heterocycles. The molecule has 0 fully saturated rings. The lowest BCUT2D eigenvalue weighted by atomic mass is 10.2. The highest BCUT2D eigenvalue weighted by Crippen LogP contribution is 2.36. The number of nitrogens with zero attached hydrogens (tertiary/aromatic N) is 1. The van der Waals surface area contributed by atoms with Gasteiger partial charge in [0.05, 0.1) is 23.7 Å². The quantitative estimate of drug-likeness (QED) is 0.513. The number of ether oxygens (including phenoxy) is 2. The molecule has 0 spiro atoms. The maximum Gasteiger partial charge on any atom is 0.264 e. The first-order chi connectivity index (χ1) is 15.9. The summed E-state index contributed by atoms with van der Waals surface area (Å²) in [6, 6.07) is 20.2. The summed E-state index contributed by atoms with van der Waals surface area (Å²) in [6.45, 7) is 2.30. The minimum absolute atomic E-state index is 0.0781. The number of rotatable bonds is 7. The largest absolute Gasteiger partial charge is 0.491 e. The van der Waals surface area contributed by atoms with Crippen LogP contribution in [0.2, 0.25) is 5.02 Å². The average Bonchev–Trinajstić information content (AvgIpc) is 2.82. The monoisotopic (exact) mass is 486 g/mol. The molecule has 1 N–H and O–H groups in total.